The van der Waals surface area contributed by atoms with Gasteiger partial charge in [0.15, 0.2) is 0 Å². The number of carbonyl (C=O) groups is 1. The minimum atomic E-state index is -4.39. The average molecular weight is 349 g/mol. The third-order valence-corrected chi connectivity index (χ3v) is 4.24. The van der Waals surface area contributed by atoms with Crippen LogP contribution in [0.2, 0.25) is 0 Å². The minimum Gasteiger partial charge on any atom is -0.354 e. The summed E-state index contributed by atoms with van der Waals surface area (Å²) in [5.41, 5.74) is 0.911. The summed E-state index contributed by atoms with van der Waals surface area (Å²) >= 11 is 0. The average Bonchev–Trinajstić information content (AvgIpc) is 3.03. The lowest BCUT2D eigenvalue weighted by Crippen LogP contribution is -2.37. The van der Waals surface area contributed by atoms with Gasteiger partial charge in [0, 0.05) is 30.9 Å². The smallest absolute Gasteiger partial charge is 0.354 e. The van der Waals surface area contributed by atoms with Crippen LogP contribution in [0.5, 0.6) is 0 Å². The van der Waals surface area contributed by atoms with Crippen molar-refractivity contribution in [3.05, 3.63) is 59.3 Å². The molecule has 1 saturated heterocycles. The molecule has 1 N–H and O–H groups in total. The van der Waals surface area contributed by atoms with Crippen LogP contribution >= 0.6 is 0 Å². The van der Waals surface area contributed by atoms with Gasteiger partial charge in [-0.1, -0.05) is 17.7 Å². The first-order chi connectivity index (χ1) is 11.8. The Kier molecular flexibility index (Phi) is 4.65. The Morgan fingerprint density at radius 2 is 1.92 bits per heavy atom. The molecule has 7 heteroatoms. The monoisotopic (exact) mass is 349 g/mol. The van der Waals surface area contributed by atoms with Crippen molar-refractivity contribution >= 4 is 11.7 Å². The zero-order chi connectivity index (χ0) is 18.0. The highest BCUT2D eigenvalue weighted by Crippen LogP contribution is 2.29. The third-order valence-electron chi connectivity index (χ3n) is 4.24. The van der Waals surface area contributed by atoms with Crippen LogP contribution in [0.3, 0.4) is 0 Å². The molecular formula is C18H18F3N3O. The molecule has 0 saturated carbocycles. The van der Waals surface area contributed by atoms with Crippen LogP contribution in [0.25, 0.3) is 0 Å². The van der Waals surface area contributed by atoms with Crippen LogP contribution < -0.4 is 10.2 Å². The molecule has 132 valence electrons. The summed E-state index contributed by atoms with van der Waals surface area (Å²) in [6.07, 6.45) is -2.82. The number of rotatable bonds is 3. The molecule has 1 atom stereocenters. The molecule has 25 heavy (non-hydrogen) atoms. The molecule has 2 heterocycles. The molecular weight excluding hydrogens is 331 g/mol. The van der Waals surface area contributed by atoms with Gasteiger partial charge in [-0.2, -0.15) is 13.2 Å². The third kappa shape index (κ3) is 4.10. The largest absolute Gasteiger partial charge is 0.417 e. The fourth-order valence-electron chi connectivity index (χ4n) is 2.80. The molecule has 4 nitrogen and oxygen atoms in total. The second-order valence-corrected chi connectivity index (χ2v) is 6.17. The number of hydrogen-bond donors (Lipinski definition) is 1. The van der Waals surface area contributed by atoms with Crippen molar-refractivity contribution in [3.63, 3.8) is 0 Å². The predicted molar refractivity (Wildman–Crippen MR) is 88.5 cm³/mol. The Bertz CT molecular complexity index is 742. The van der Waals surface area contributed by atoms with Gasteiger partial charge in [0.2, 0.25) is 0 Å². The van der Waals surface area contributed by atoms with Crippen molar-refractivity contribution in [3.8, 4) is 0 Å². The van der Waals surface area contributed by atoms with E-state index < -0.39 is 11.7 Å². The van der Waals surface area contributed by atoms with E-state index in [1.807, 2.05) is 24.0 Å². The molecule has 1 aromatic heterocycles. The van der Waals surface area contributed by atoms with Gasteiger partial charge in [0.1, 0.15) is 5.82 Å². The lowest BCUT2D eigenvalue weighted by atomic mass is 10.1. The molecule has 2 aromatic rings. The van der Waals surface area contributed by atoms with Crippen molar-refractivity contribution in [2.75, 3.05) is 18.0 Å². The molecule has 1 aliphatic heterocycles. The lowest BCUT2D eigenvalue weighted by molar-refractivity contribution is -0.137. The number of aryl methyl sites for hydroxylation is 1. The molecule has 0 radical (unpaired) electrons. The highest BCUT2D eigenvalue weighted by atomic mass is 19.4. The van der Waals surface area contributed by atoms with Gasteiger partial charge in [-0.05, 0) is 37.6 Å². The predicted octanol–water partition coefficient (Wildman–Crippen LogP) is 3.42. The second-order valence-electron chi connectivity index (χ2n) is 6.17. The number of alkyl halides is 3. The maximum atomic E-state index is 12.6. The van der Waals surface area contributed by atoms with E-state index in [1.165, 1.54) is 6.07 Å². The molecule has 0 bridgehead atoms. The second kappa shape index (κ2) is 6.74. The number of nitrogens with one attached hydrogen (secondary N) is 1. The number of aromatic nitrogens is 1. The number of carbonyl (C=O) groups excluding carboxylic acids is 1. The van der Waals surface area contributed by atoms with Crippen molar-refractivity contribution in [2.24, 2.45) is 0 Å². The summed E-state index contributed by atoms with van der Waals surface area (Å²) in [5.74, 6) is 0.340. The topological polar surface area (TPSA) is 45.2 Å². The van der Waals surface area contributed by atoms with Crippen molar-refractivity contribution < 1.29 is 18.0 Å². The van der Waals surface area contributed by atoms with Crippen LogP contribution in [0.4, 0.5) is 19.0 Å². The van der Waals surface area contributed by atoms with Gasteiger partial charge in [-0.25, -0.2) is 4.98 Å². The summed E-state index contributed by atoms with van der Waals surface area (Å²) in [5, 5.41) is 2.96. The first-order valence-electron chi connectivity index (χ1n) is 7.98. The van der Waals surface area contributed by atoms with Gasteiger partial charge >= 0.3 is 6.18 Å². The maximum absolute atomic E-state index is 12.6. The summed E-state index contributed by atoms with van der Waals surface area (Å²) in [7, 11) is 0. The molecule has 1 amide bonds. The van der Waals surface area contributed by atoms with E-state index in [-0.39, 0.29) is 11.9 Å². The van der Waals surface area contributed by atoms with E-state index in [0.717, 1.165) is 24.2 Å². The van der Waals surface area contributed by atoms with E-state index in [0.29, 0.717) is 24.5 Å². The van der Waals surface area contributed by atoms with E-state index >= 15 is 0 Å². The quantitative estimate of drug-likeness (QED) is 0.924. The van der Waals surface area contributed by atoms with E-state index in [4.69, 9.17) is 0 Å². The summed E-state index contributed by atoms with van der Waals surface area (Å²) in [4.78, 5) is 18.0. The number of nitrogens with zero attached hydrogens (tertiary/aromatic N) is 2. The van der Waals surface area contributed by atoms with Crippen molar-refractivity contribution in [1.29, 1.82) is 0 Å². The zero-order valence-electron chi connectivity index (χ0n) is 13.7. The SMILES string of the molecule is Cc1ccc(C(=O)NC2CCN(c3ccc(C(F)(F)F)cn3)C2)cc1. The molecule has 3 rings (SSSR count). The van der Waals surface area contributed by atoms with E-state index in [2.05, 4.69) is 10.3 Å². The number of amides is 1. The fraction of sp³-hybridized carbons (Fsp3) is 0.333. The number of benzene rings is 1. The highest BCUT2D eigenvalue weighted by molar-refractivity contribution is 5.94. The standard InChI is InChI=1S/C18H18F3N3O/c1-12-2-4-13(5-3-12)17(25)23-15-8-9-24(11-15)16-7-6-14(10-22-16)18(19,20)21/h2-7,10,15H,8-9,11H2,1H3,(H,23,25). The van der Waals surface area contributed by atoms with Gasteiger partial charge in [0.05, 0.1) is 5.56 Å². The van der Waals surface area contributed by atoms with Crippen LogP contribution in [-0.2, 0) is 6.18 Å². The number of hydrogen-bond acceptors (Lipinski definition) is 3. The van der Waals surface area contributed by atoms with Crippen LogP contribution in [0, 0.1) is 6.92 Å². The Labute approximate surface area is 143 Å². The van der Waals surface area contributed by atoms with E-state index in [9.17, 15) is 18.0 Å². The van der Waals surface area contributed by atoms with Gasteiger partial charge in [-0.15, -0.1) is 0 Å². The Hall–Kier alpha value is -2.57. The molecule has 0 aliphatic carbocycles. The van der Waals surface area contributed by atoms with Gasteiger partial charge in [0.25, 0.3) is 5.91 Å². The number of anilines is 1. The highest BCUT2D eigenvalue weighted by Gasteiger charge is 2.31. The maximum Gasteiger partial charge on any atom is 0.417 e. The van der Waals surface area contributed by atoms with Crippen molar-refractivity contribution in [2.45, 2.75) is 25.6 Å². The molecule has 1 aromatic carbocycles. The van der Waals surface area contributed by atoms with Crippen molar-refractivity contribution in [1.82, 2.24) is 10.3 Å². The summed E-state index contributed by atoms with van der Waals surface area (Å²) < 4.78 is 37.8. The summed E-state index contributed by atoms with van der Waals surface area (Å²) in [6, 6.07) is 9.64. The first-order valence-corrected chi connectivity index (χ1v) is 7.98. The molecule has 1 unspecified atom stereocenters. The lowest BCUT2D eigenvalue weighted by Gasteiger charge is -2.18. The molecule has 1 fully saturated rings. The Morgan fingerprint density at radius 1 is 1.20 bits per heavy atom. The van der Waals surface area contributed by atoms with Crippen LogP contribution in [-0.4, -0.2) is 30.0 Å². The Morgan fingerprint density at radius 3 is 2.52 bits per heavy atom. The normalized spacial score (nSPS) is 17.6. The Balaban J connectivity index is 1.60. The van der Waals surface area contributed by atoms with E-state index in [1.54, 1.807) is 12.1 Å². The van der Waals surface area contributed by atoms with Crippen LogP contribution in [0.15, 0.2) is 42.6 Å². The molecule has 1 aliphatic rings. The minimum absolute atomic E-state index is 0.0575. The molecule has 0 spiro atoms. The van der Waals surface area contributed by atoms with Gasteiger partial charge in [-0.3, -0.25) is 4.79 Å². The van der Waals surface area contributed by atoms with Crippen LogP contribution in [0.1, 0.15) is 27.9 Å². The van der Waals surface area contributed by atoms with Gasteiger partial charge < -0.3 is 10.2 Å². The number of pyridine rings is 1. The first kappa shape index (κ1) is 17.3. The fourth-order valence-corrected chi connectivity index (χ4v) is 2.80. The number of halogens is 3. The zero-order valence-corrected chi connectivity index (χ0v) is 13.7. The summed E-state index contributed by atoms with van der Waals surface area (Å²) in [6.45, 7) is 3.11.